The molecule has 0 heterocycles. The van der Waals surface area contributed by atoms with E-state index in [0.29, 0.717) is 18.0 Å². The van der Waals surface area contributed by atoms with Gasteiger partial charge < -0.3 is 10.1 Å². The highest BCUT2D eigenvalue weighted by Gasteiger charge is 2.21. The monoisotopic (exact) mass is 328 g/mol. The van der Waals surface area contributed by atoms with Crippen LogP contribution in [0.4, 0.5) is 5.69 Å². The lowest BCUT2D eigenvalue weighted by Gasteiger charge is -2.22. The first kappa shape index (κ1) is 18.3. The van der Waals surface area contributed by atoms with Crippen molar-refractivity contribution in [1.82, 2.24) is 5.32 Å². The molecule has 0 saturated heterocycles. The van der Waals surface area contributed by atoms with E-state index in [4.69, 9.17) is 4.74 Å². The van der Waals surface area contributed by atoms with Crippen LogP contribution in [0, 0.1) is 0 Å². The smallest absolute Gasteiger partial charge is 0.240 e. The first-order valence-corrected chi connectivity index (χ1v) is 9.11. The lowest BCUT2D eigenvalue weighted by atomic mass is 10.2. The highest BCUT2D eigenvalue weighted by Crippen LogP contribution is 2.22. The van der Waals surface area contributed by atoms with E-state index in [0.717, 1.165) is 29.8 Å². The molecular formula is C15H24N2O4S. The summed E-state index contributed by atoms with van der Waals surface area (Å²) in [7, 11) is -2.05. The van der Waals surface area contributed by atoms with Gasteiger partial charge in [0.05, 0.1) is 19.1 Å². The molecule has 0 saturated carbocycles. The fourth-order valence-corrected chi connectivity index (χ4v) is 2.80. The van der Waals surface area contributed by atoms with E-state index in [9.17, 15) is 13.2 Å². The van der Waals surface area contributed by atoms with Crippen molar-refractivity contribution >= 4 is 21.6 Å². The summed E-state index contributed by atoms with van der Waals surface area (Å²) in [6, 6.07) is 6.62. The van der Waals surface area contributed by atoms with Gasteiger partial charge in [0.25, 0.3) is 0 Å². The third kappa shape index (κ3) is 5.93. The van der Waals surface area contributed by atoms with Gasteiger partial charge in [0.2, 0.25) is 15.9 Å². The van der Waals surface area contributed by atoms with Crippen LogP contribution in [0.15, 0.2) is 24.3 Å². The quantitative estimate of drug-likeness (QED) is 0.701. The summed E-state index contributed by atoms with van der Waals surface area (Å²) in [6.45, 7) is 2.40. The first-order valence-electron chi connectivity index (χ1n) is 7.27. The number of nitrogens with zero attached hydrogens (tertiary/aromatic N) is 1. The number of unbranched alkanes of at least 4 members (excludes halogenated alkanes) is 2. The summed E-state index contributed by atoms with van der Waals surface area (Å²) in [5.41, 5.74) is 0.408. The molecule has 6 nitrogen and oxygen atoms in total. The first-order chi connectivity index (χ1) is 10.4. The molecule has 0 aliphatic rings. The third-order valence-corrected chi connectivity index (χ3v) is 4.27. The van der Waals surface area contributed by atoms with Crippen LogP contribution in [0.3, 0.4) is 0 Å². The largest absolute Gasteiger partial charge is 0.497 e. The predicted molar refractivity (Wildman–Crippen MR) is 87.7 cm³/mol. The maximum Gasteiger partial charge on any atom is 0.240 e. The Balaban J connectivity index is 2.80. The number of benzene rings is 1. The molecule has 1 amide bonds. The summed E-state index contributed by atoms with van der Waals surface area (Å²) in [5, 5.41) is 2.74. The van der Waals surface area contributed by atoms with Gasteiger partial charge in [-0.25, -0.2) is 8.42 Å². The minimum Gasteiger partial charge on any atom is -0.497 e. The molecule has 0 aliphatic carbocycles. The highest BCUT2D eigenvalue weighted by atomic mass is 32.2. The number of hydrogen-bond acceptors (Lipinski definition) is 4. The number of nitrogens with one attached hydrogen (secondary N) is 1. The molecule has 0 spiro atoms. The Labute approximate surface area is 132 Å². The van der Waals surface area contributed by atoms with Crippen molar-refractivity contribution in [2.75, 3.05) is 30.8 Å². The Bertz CT molecular complexity index is 587. The minimum atomic E-state index is -3.56. The van der Waals surface area contributed by atoms with Crippen molar-refractivity contribution in [3.63, 3.8) is 0 Å². The predicted octanol–water partition coefficient (Wildman–Crippen LogP) is 1.77. The number of methoxy groups -OCH3 is 1. The zero-order chi connectivity index (χ0) is 16.6. The summed E-state index contributed by atoms with van der Waals surface area (Å²) in [4.78, 5) is 11.9. The number of carbonyl (C=O) groups excluding carboxylic acids is 1. The molecule has 1 rings (SSSR count). The molecule has 124 valence electrons. The van der Waals surface area contributed by atoms with Crippen molar-refractivity contribution in [2.24, 2.45) is 0 Å². The van der Waals surface area contributed by atoms with Crippen LogP contribution in [-0.4, -0.2) is 40.8 Å². The molecule has 0 fully saturated rings. The maximum atomic E-state index is 11.9. The van der Waals surface area contributed by atoms with Crippen LogP contribution in [-0.2, 0) is 14.8 Å². The van der Waals surface area contributed by atoms with Gasteiger partial charge in [0.15, 0.2) is 0 Å². The Hall–Kier alpha value is -1.76. The average molecular weight is 328 g/mol. The average Bonchev–Trinajstić information content (AvgIpc) is 2.48. The van der Waals surface area contributed by atoms with Crippen LogP contribution < -0.4 is 14.4 Å². The van der Waals surface area contributed by atoms with E-state index in [2.05, 4.69) is 12.2 Å². The molecule has 1 aromatic rings. The van der Waals surface area contributed by atoms with Gasteiger partial charge in [-0.15, -0.1) is 0 Å². The van der Waals surface area contributed by atoms with Gasteiger partial charge in [0, 0.05) is 12.6 Å². The number of rotatable bonds is 9. The molecule has 1 N–H and O–H groups in total. The van der Waals surface area contributed by atoms with Gasteiger partial charge in [-0.1, -0.05) is 25.8 Å². The van der Waals surface area contributed by atoms with Crippen LogP contribution in [0.2, 0.25) is 0 Å². The van der Waals surface area contributed by atoms with Crippen molar-refractivity contribution in [3.8, 4) is 5.75 Å². The Kier molecular flexibility index (Phi) is 7.17. The maximum absolute atomic E-state index is 11.9. The fourth-order valence-electron chi connectivity index (χ4n) is 1.95. The Morgan fingerprint density at radius 3 is 2.64 bits per heavy atom. The third-order valence-electron chi connectivity index (χ3n) is 3.13. The van der Waals surface area contributed by atoms with Gasteiger partial charge in [-0.2, -0.15) is 0 Å². The van der Waals surface area contributed by atoms with E-state index in [1.807, 2.05) is 0 Å². The number of amides is 1. The lowest BCUT2D eigenvalue weighted by molar-refractivity contribution is -0.119. The summed E-state index contributed by atoms with van der Waals surface area (Å²) in [5.74, 6) is 0.221. The summed E-state index contributed by atoms with van der Waals surface area (Å²) < 4.78 is 30.1. The zero-order valence-corrected chi connectivity index (χ0v) is 14.1. The second-order valence-electron chi connectivity index (χ2n) is 5.03. The SMILES string of the molecule is CCCCCNC(=O)CN(c1cccc(OC)c1)S(C)(=O)=O. The van der Waals surface area contributed by atoms with E-state index >= 15 is 0 Å². The second-order valence-corrected chi connectivity index (χ2v) is 6.93. The van der Waals surface area contributed by atoms with Gasteiger partial charge in [-0.3, -0.25) is 9.10 Å². The Morgan fingerprint density at radius 1 is 1.32 bits per heavy atom. The molecule has 0 aromatic heterocycles. The summed E-state index contributed by atoms with van der Waals surface area (Å²) in [6.07, 6.45) is 4.07. The van der Waals surface area contributed by atoms with E-state index < -0.39 is 10.0 Å². The van der Waals surface area contributed by atoms with Gasteiger partial charge in [0.1, 0.15) is 12.3 Å². The van der Waals surface area contributed by atoms with E-state index in [1.165, 1.54) is 7.11 Å². The molecule has 7 heteroatoms. The normalized spacial score (nSPS) is 11.0. The molecule has 0 aliphatic heterocycles. The standard InChI is InChI=1S/C15H24N2O4S/c1-4-5-6-10-16-15(18)12-17(22(3,19)20)13-8-7-9-14(11-13)21-2/h7-9,11H,4-6,10,12H2,1-3H3,(H,16,18). The zero-order valence-electron chi connectivity index (χ0n) is 13.3. The minimum absolute atomic E-state index is 0.238. The number of sulfonamides is 1. The van der Waals surface area contributed by atoms with Crippen molar-refractivity contribution < 1.29 is 17.9 Å². The molecule has 0 unspecified atom stereocenters. The van der Waals surface area contributed by atoms with Crippen molar-refractivity contribution in [3.05, 3.63) is 24.3 Å². The van der Waals surface area contributed by atoms with E-state index in [-0.39, 0.29) is 12.5 Å². The number of anilines is 1. The fraction of sp³-hybridized carbons (Fsp3) is 0.533. The van der Waals surface area contributed by atoms with Crippen LogP contribution >= 0.6 is 0 Å². The van der Waals surface area contributed by atoms with E-state index in [1.54, 1.807) is 24.3 Å². The number of hydrogen-bond donors (Lipinski definition) is 1. The van der Waals surface area contributed by atoms with Crippen LogP contribution in [0.5, 0.6) is 5.75 Å². The van der Waals surface area contributed by atoms with Crippen molar-refractivity contribution in [1.29, 1.82) is 0 Å². The summed E-state index contributed by atoms with van der Waals surface area (Å²) >= 11 is 0. The molecule has 1 aromatic carbocycles. The number of carbonyl (C=O) groups is 1. The Morgan fingerprint density at radius 2 is 2.05 bits per heavy atom. The van der Waals surface area contributed by atoms with Crippen LogP contribution in [0.25, 0.3) is 0 Å². The molecule has 0 bridgehead atoms. The number of ether oxygens (including phenoxy) is 1. The van der Waals surface area contributed by atoms with Crippen molar-refractivity contribution in [2.45, 2.75) is 26.2 Å². The molecule has 22 heavy (non-hydrogen) atoms. The van der Waals surface area contributed by atoms with Crippen LogP contribution in [0.1, 0.15) is 26.2 Å². The topological polar surface area (TPSA) is 75.7 Å². The second kappa shape index (κ2) is 8.63. The molecular weight excluding hydrogens is 304 g/mol. The lowest BCUT2D eigenvalue weighted by Crippen LogP contribution is -2.40. The van der Waals surface area contributed by atoms with Gasteiger partial charge >= 0.3 is 0 Å². The molecule has 0 atom stereocenters. The molecule has 0 radical (unpaired) electrons. The van der Waals surface area contributed by atoms with Gasteiger partial charge in [-0.05, 0) is 18.6 Å². The highest BCUT2D eigenvalue weighted by molar-refractivity contribution is 7.92.